The lowest BCUT2D eigenvalue weighted by atomic mass is 9.89. The van der Waals surface area contributed by atoms with E-state index in [9.17, 15) is 18.4 Å². The molecule has 1 N–H and O–H groups in total. The molecule has 4 aromatic rings. The van der Waals surface area contributed by atoms with Gasteiger partial charge in [0, 0.05) is 34.6 Å². The Morgan fingerprint density at radius 2 is 1.91 bits per heavy atom. The molecule has 0 spiro atoms. The number of esters is 2. The molecule has 15 heteroatoms. The molecule has 1 fully saturated rings. The number of aromatic nitrogens is 3. The number of allylic oxidation sites excluding steroid dienone is 2. The zero-order valence-electron chi connectivity index (χ0n) is 29.5. The van der Waals surface area contributed by atoms with Gasteiger partial charge in [-0.3, -0.25) is 4.79 Å². The number of benzene rings is 3. The van der Waals surface area contributed by atoms with Gasteiger partial charge in [-0.1, -0.05) is 42.5 Å². The largest absolute Gasteiger partial charge is 0.461 e. The van der Waals surface area contributed by atoms with Crippen LogP contribution < -0.4 is 5.32 Å². The number of nitriles is 1. The van der Waals surface area contributed by atoms with Crippen LogP contribution >= 0.6 is 11.8 Å². The minimum absolute atomic E-state index is 0.0901. The Labute approximate surface area is 314 Å². The van der Waals surface area contributed by atoms with E-state index in [2.05, 4.69) is 15.4 Å². The fourth-order valence-electron chi connectivity index (χ4n) is 5.65. The number of thioether (sulfide) groups is 1. The predicted molar refractivity (Wildman–Crippen MR) is 194 cm³/mol. The SMILES string of the molecule is CNCCC(=O)OCc1ccccc1C(=O)O[C@@](Cn1cncn1)(c1ccc(F)cc1F)[C@@H](C)S[C@H]1CO[C@H](C=CC=Cc2ccc(C#N)cc2F)OC1. The molecule has 0 bridgehead atoms. The van der Waals surface area contributed by atoms with Gasteiger partial charge in [0.25, 0.3) is 0 Å². The molecule has 282 valence electrons. The van der Waals surface area contributed by atoms with E-state index in [0.29, 0.717) is 17.7 Å². The third-order valence-electron chi connectivity index (χ3n) is 8.46. The molecule has 1 saturated heterocycles. The Hall–Kier alpha value is -5.27. The van der Waals surface area contributed by atoms with E-state index in [0.717, 1.165) is 18.2 Å². The number of carbonyl (C=O) groups is 2. The summed E-state index contributed by atoms with van der Waals surface area (Å²) in [5.41, 5.74) is -0.867. The molecule has 2 atom stereocenters. The molecule has 1 aliphatic heterocycles. The Balaban J connectivity index is 1.36. The average Bonchev–Trinajstić information content (AvgIpc) is 3.68. The first kappa shape index (κ1) is 39.9. The lowest BCUT2D eigenvalue weighted by Gasteiger charge is -2.40. The highest BCUT2D eigenvalue weighted by atomic mass is 32.2. The van der Waals surface area contributed by atoms with Gasteiger partial charge in [-0.25, -0.2) is 27.6 Å². The normalized spacial score (nSPS) is 17.6. The van der Waals surface area contributed by atoms with E-state index in [4.69, 9.17) is 24.2 Å². The van der Waals surface area contributed by atoms with Gasteiger partial charge in [0.15, 0.2) is 11.9 Å². The van der Waals surface area contributed by atoms with Crippen LogP contribution in [-0.2, 0) is 42.5 Å². The Morgan fingerprint density at radius 1 is 1.11 bits per heavy atom. The summed E-state index contributed by atoms with van der Waals surface area (Å²) in [7, 11) is 1.71. The van der Waals surface area contributed by atoms with Crippen LogP contribution in [0.15, 0.2) is 91.5 Å². The highest BCUT2D eigenvalue weighted by Crippen LogP contribution is 2.42. The van der Waals surface area contributed by atoms with Crippen molar-refractivity contribution in [3.05, 3.63) is 137 Å². The summed E-state index contributed by atoms with van der Waals surface area (Å²) in [6.07, 6.45) is 8.59. The third-order valence-corrected chi connectivity index (χ3v) is 9.91. The van der Waals surface area contributed by atoms with Crippen molar-refractivity contribution in [3.8, 4) is 6.07 Å². The second kappa shape index (κ2) is 19.2. The van der Waals surface area contributed by atoms with Crippen molar-refractivity contribution in [2.45, 2.75) is 48.9 Å². The molecule has 11 nitrogen and oxygen atoms in total. The first-order chi connectivity index (χ1) is 26.1. The van der Waals surface area contributed by atoms with Crippen molar-refractivity contribution >= 4 is 29.8 Å². The van der Waals surface area contributed by atoms with E-state index in [1.807, 2.05) is 6.07 Å². The summed E-state index contributed by atoms with van der Waals surface area (Å²) in [5.74, 6) is -3.56. The summed E-state index contributed by atoms with van der Waals surface area (Å²) in [6, 6.07) is 15.6. The fourth-order valence-corrected chi connectivity index (χ4v) is 7.01. The number of rotatable bonds is 16. The minimum Gasteiger partial charge on any atom is -0.461 e. The second-order valence-electron chi connectivity index (χ2n) is 12.2. The van der Waals surface area contributed by atoms with E-state index in [1.54, 1.807) is 56.5 Å². The topological polar surface area (TPSA) is 138 Å². The van der Waals surface area contributed by atoms with Crippen molar-refractivity contribution in [3.63, 3.8) is 0 Å². The molecule has 3 aromatic carbocycles. The lowest BCUT2D eigenvalue weighted by molar-refractivity contribution is -0.146. The quantitative estimate of drug-likeness (QED) is 0.105. The van der Waals surface area contributed by atoms with Crippen molar-refractivity contribution in [1.82, 2.24) is 20.1 Å². The maximum absolute atomic E-state index is 15.9. The van der Waals surface area contributed by atoms with Crippen molar-refractivity contribution < 1.29 is 41.7 Å². The van der Waals surface area contributed by atoms with Gasteiger partial charge < -0.3 is 24.3 Å². The van der Waals surface area contributed by atoms with Crippen LogP contribution in [0.3, 0.4) is 0 Å². The summed E-state index contributed by atoms with van der Waals surface area (Å²) in [4.78, 5) is 30.4. The van der Waals surface area contributed by atoms with Crippen LogP contribution in [0.5, 0.6) is 0 Å². The van der Waals surface area contributed by atoms with Gasteiger partial charge >= 0.3 is 11.9 Å². The van der Waals surface area contributed by atoms with E-state index in [1.165, 1.54) is 53.4 Å². The van der Waals surface area contributed by atoms with Crippen LogP contribution in [0.4, 0.5) is 13.2 Å². The van der Waals surface area contributed by atoms with Gasteiger partial charge in [0.1, 0.15) is 36.7 Å². The van der Waals surface area contributed by atoms with Gasteiger partial charge in [-0.05, 0) is 50.4 Å². The molecule has 1 aliphatic rings. The molecule has 2 heterocycles. The standard InChI is InChI=1S/C39H38F3N5O6S/c1-26(54-31-21-51-37(52-22-31)10-6-4-7-28-12-11-27(19-43)17-34(28)41)39(23-47-25-45-24-46-47,33-14-13-30(40)18-35(33)42)53-38(49)32-9-5-3-8-29(32)20-50-36(48)15-16-44-2/h3-14,17-18,24-26,31,37,44H,15-16,20-23H2,1-2H3/t26-,31-,37-,39-/m1/s1. The summed E-state index contributed by atoms with van der Waals surface area (Å²) < 4.78 is 69.4. The van der Waals surface area contributed by atoms with E-state index < -0.39 is 46.5 Å². The number of nitrogens with one attached hydrogen (secondary N) is 1. The molecule has 0 unspecified atom stereocenters. The van der Waals surface area contributed by atoms with Gasteiger partial charge in [0.2, 0.25) is 0 Å². The summed E-state index contributed by atoms with van der Waals surface area (Å²) in [5, 5.41) is 15.0. The molecule has 5 rings (SSSR count). The number of ether oxygens (including phenoxy) is 4. The zero-order valence-corrected chi connectivity index (χ0v) is 30.3. The van der Waals surface area contributed by atoms with Crippen molar-refractivity contribution in [1.29, 1.82) is 5.26 Å². The summed E-state index contributed by atoms with van der Waals surface area (Å²) in [6.45, 7) is 2.20. The fraction of sp³-hybridized carbons (Fsp3) is 0.308. The van der Waals surface area contributed by atoms with Crippen LogP contribution in [-0.4, -0.2) is 70.3 Å². The third kappa shape index (κ3) is 10.4. The average molecular weight is 762 g/mol. The van der Waals surface area contributed by atoms with Gasteiger partial charge in [0.05, 0.1) is 48.6 Å². The number of hydrogen-bond acceptors (Lipinski definition) is 11. The van der Waals surface area contributed by atoms with E-state index in [-0.39, 0.29) is 54.7 Å². The van der Waals surface area contributed by atoms with Crippen LogP contribution in [0.1, 0.15) is 46.0 Å². The van der Waals surface area contributed by atoms with E-state index >= 15 is 4.39 Å². The maximum atomic E-state index is 15.9. The minimum atomic E-state index is -1.79. The number of halogens is 3. The number of nitrogens with zero attached hydrogens (tertiary/aromatic N) is 4. The Bertz CT molecular complexity index is 2000. The lowest BCUT2D eigenvalue weighted by Crippen LogP contribution is -2.47. The predicted octanol–water partition coefficient (Wildman–Crippen LogP) is 6.11. The van der Waals surface area contributed by atoms with Gasteiger partial charge in [-0.15, -0.1) is 11.8 Å². The molecule has 0 amide bonds. The van der Waals surface area contributed by atoms with Crippen molar-refractivity contribution in [2.24, 2.45) is 0 Å². The van der Waals surface area contributed by atoms with Gasteiger partial charge in [-0.2, -0.15) is 10.4 Å². The highest BCUT2D eigenvalue weighted by Gasteiger charge is 2.47. The molecular weight excluding hydrogens is 724 g/mol. The number of carbonyl (C=O) groups excluding carboxylic acids is 2. The van der Waals surface area contributed by atoms with Crippen LogP contribution in [0.25, 0.3) is 6.08 Å². The molecule has 54 heavy (non-hydrogen) atoms. The Kier molecular flexibility index (Phi) is 14.2. The maximum Gasteiger partial charge on any atom is 0.339 e. The first-order valence-corrected chi connectivity index (χ1v) is 17.9. The van der Waals surface area contributed by atoms with Crippen LogP contribution in [0, 0.1) is 28.8 Å². The number of hydrogen-bond donors (Lipinski definition) is 1. The molecular formula is C39H38F3N5O6S. The smallest absolute Gasteiger partial charge is 0.339 e. The molecule has 0 radical (unpaired) electrons. The molecule has 1 aromatic heterocycles. The first-order valence-electron chi connectivity index (χ1n) is 16.9. The summed E-state index contributed by atoms with van der Waals surface area (Å²) >= 11 is 1.33. The highest BCUT2D eigenvalue weighted by molar-refractivity contribution is 8.00. The zero-order chi connectivity index (χ0) is 38.5. The van der Waals surface area contributed by atoms with Crippen molar-refractivity contribution in [2.75, 3.05) is 26.8 Å². The molecule has 0 saturated carbocycles. The second-order valence-corrected chi connectivity index (χ2v) is 13.8. The van der Waals surface area contributed by atoms with Crippen LogP contribution in [0.2, 0.25) is 0 Å². The Morgan fingerprint density at radius 3 is 2.61 bits per heavy atom. The monoisotopic (exact) mass is 761 g/mol. The molecule has 0 aliphatic carbocycles.